The minimum atomic E-state index is -0.310. The standard InChI is InChI=1S/C25H22O2S/c26-25(20-12-11-18-7-1-2-8-19(18)17-20)27-23-13-14-24(28-15-5-6-16-28)22-10-4-3-9-21(22)23/h1-4,7-14,17,28H,5-6,15-16H2. The number of ether oxygens (including phenoxy) is 1. The summed E-state index contributed by atoms with van der Waals surface area (Å²) in [5.74, 6) is 2.97. The van der Waals surface area contributed by atoms with Gasteiger partial charge in [-0.3, -0.25) is 0 Å². The van der Waals surface area contributed by atoms with E-state index in [1.165, 1.54) is 34.6 Å². The fourth-order valence-electron chi connectivity index (χ4n) is 4.05. The second-order valence-corrected chi connectivity index (χ2v) is 9.73. The van der Waals surface area contributed by atoms with Gasteiger partial charge in [-0.25, -0.2) is 15.7 Å². The molecule has 1 aliphatic heterocycles. The second kappa shape index (κ2) is 7.33. The van der Waals surface area contributed by atoms with Gasteiger partial charge in [0.25, 0.3) is 0 Å². The molecule has 0 spiro atoms. The molecule has 1 heterocycles. The van der Waals surface area contributed by atoms with Gasteiger partial charge in [0.15, 0.2) is 0 Å². The van der Waals surface area contributed by atoms with Crippen LogP contribution in [-0.2, 0) is 0 Å². The summed E-state index contributed by atoms with van der Waals surface area (Å²) in [5.41, 5.74) is 0.576. The van der Waals surface area contributed by atoms with Crippen molar-refractivity contribution in [3.8, 4) is 5.75 Å². The van der Waals surface area contributed by atoms with Crippen molar-refractivity contribution in [2.24, 2.45) is 0 Å². The average Bonchev–Trinajstić information content (AvgIpc) is 3.28. The Bertz CT molecular complexity index is 1180. The normalized spacial score (nSPS) is 15.2. The molecule has 3 heteroatoms. The van der Waals surface area contributed by atoms with Gasteiger partial charge in [-0.1, -0.05) is 54.6 Å². The first-order valence-electron chi connectivity index (χ1n) is 9.77. The van der Waals surface area contributed by atoms with Crippen molar-refractivity contribution in [2.45, 2.75) is 17.7 Å². The highest BCUT2D eigenvalue weighted by Gasteiger charge is 2.18. The first-order chi connectivity index (χ1) is 13.8. The number of hydrogen-bond donors (Lipinski definition) is 1. The summed E-state index contributed by atoms with van der Waals surface area (Å²) in [6.45, 7) is 0. The molecule has 0 unspecified atom stereocenters. The highest BCUT2D eigenvalue weighted by molar-refractivity contribution is 8.17. The number of hydrogen-bond acceptors (Lipinski definition) is 2. The average molecular weight is 387 g/mol. The predicted octanol–water partition coefficient (Wildman–Crippen LogP) is 6.37. The number of benzene rings is 4. The van der Waals surface area contributed by atoms with Crippen LogP contribution in [0.2, 0.25) is 0 Å². The molecule has 4 aromatic carbocycles. The molecular weight excluding hydrogens is 364 g/mol. The highest BCUT2D eigenvalue weighted by Crippen LogP contribution is 2.47. The van der Waals surface area contributed by atoms with Crippen LogP contribution >= 0.6 is 10.9 Å². The van der Waals surface area contributed by atoms with Gasteiger partial charge in [0.1, 0.15) is 5.75 Å². The molecule has 2 nitrogen and oxygen atoms in total. The maximum atomic E-state index is 12.8. The Kier molecular flexibility index (Phi) is 4.53. The minimum absolute atomic E-state index is 0.0770. The third kappa shape index (κ3) is 3.16. The molecule has 0 amide bonds. The third-order valence-electron chi connectivity index (χ3n) is 5.50. The van der Waals surface area contributed by atoms with Gasteiger partial charge in [0, 0.05) is 5.39 Å². The maximum absolute atomic E-state index is 12.8. The van der Waals surface area contributed by atoms with E-state index in [1.54, 1.807) is 0 Å². The summed E-state index contributed by atoms with van der Waals surface area (Å²) in [4.78, 5) is 14.3. The molecule has 140 valence electrons. The van der Waals surface area contributed by atoms with Crippen molar-refractivity contribution >= 4 is 38.4 Å². The molecule has 5 rings (SSSR count). The fourth-order valence-corrected chi connectivity index (χ4v) is 6.79. The van der Waals surface area contributed by atoms with E-state index in [0.29, 0.717) is 11.3 Å². The number of thiol groups is 1. The van der Waals surface area contributed by atoms with Gasteiger partial charge in [-0.05, 0) is 69.7 Å². The fraction of sp³-hybridized carbons (Fsp3) is 0.160. The van der Waals surface area contributed by atoms with Gasteiger partial charge in [0.05, 0.1) is 5.56 Å². The Hall–Kier alpha value is -2.78. The molecule has 1 fully saturated rings. The zero-order valence-corrected chi connectivity index (χ0v) is 16.5. The Balaban J connectivity index is 1.50. The predicted molar refractivity (Wildman–Crippen MR) is 119 cm³/mol. The van der Waals surface area contributed by atoms with E-state index in [-0.39, 0.29) is 16.9 Å². The Morgan fingerprint density at radius 1 is 0.750 bits per heavy atom. The first-order valence-corrected chi connectivity index (χ1v) is 11.5. The Morgan fingerprint density at radius 3 is 2.29 bits per heavy atom. The minimum Gasteiger partial charge on any atom is -0.422 e. The van der Waals surface area contributed by atoms with Crippen LogP contribution < -0.4 is 4.74 Å². The summed E-state index contributed by atoms with van der Waals surface area (Å²) in [6, 6.07) is 26.2. The summed E-state index contributed by atoms with van der Waals surface area (Å²) in [6.07, 6.45) is 2.66. The molecule has 28 heavy (non-hydrogen) atoms. The molecule has 0 aromatic heterocycles. The van der Waals surface area contributed by atoms with Crippen LogP contribution in [0.3, 0.4) is 0 Å². The number of carbonyl (C=O) groups is 1. The second-order valence-electron chi connectivity index (χ2n) is 7.27. The number of fused-ring (bicyclic) bond motifs is 2. The van der Waals surface area contributed by atoms with Crippen molar-refractivity contribution in [2.75, 3.05) is 11.5 Å². The summed E-state index contributed by atoms with van der Waals surface area (Å²) >= 11 is 0. The van der Waals surface area contributed by atoms with Crippen molar-refractivity contribution in [3.63, 3.8) is 0 Å². The van der Waals surface area contributed by atoms with Crippen LogP contribution in [0.1, 0.15) is 23.2 Å². The highest BCUT2D eigenvalue weighted by atomic mass is 32.2. The molecule has 4 aromatic rings. The molecule has 0 bridgehead atoms. The number of carbonyl (C=O) groups excluding carboxylic acids is 1. The van der Waals surface area contributed by atoms with Crippen LogP contribution in [0.4, 0.5) is 0 Å². The van der Waals surface area contributed by atoms with Crippen LogP contribution in [0.25, 0.3) is 21.5 Å². The van der Waals surface area contributed by atoms with Gasteiger partial charge >= 0.3 is 5.97 Å². The molecule has 1 aliphatic rings. The molecule has 0 N–H and O–H groups in total. The van der Waals surface area contributed by atoms with Crippen LogP contribution in [0.5, 0.6) is 5.75 Å². The lowest BCUT2D eigenvalue weighted by molar-refractivity contribution is 0.0737. The third-order valence-corrected chi connectivity index (χ3v) is 8.28. The summed E-state index contributed by atoms with van der Waals surface area (Å²) in [5, 5.41) is 4.43. The first kappa shape index (κ1) is 17.3. The maximum Gasteiger partial charge on any atom is 0.343 e. The van der Waals surface area contributed by atoms with Crippen molar-refractivity contribution in [3.05, 3.63) is 84.4 Å². The van der Waals surface area contributed by atoms with Crippen molar-refractivity contribution < 1.29 is 9.53 Å². The lowest BCUT2D eigenvalue weighted by Gasteiger charge is -2.19. The van der Waals surface area contributed by atoms with Crippen molar-refractivity contribution in [1.29, 1.82) is 0 Å². The van der Waals surface area contributed by atoms with Crippen molar-refractivity contribution in [1.82, 2.24) is 0 Å². The van der Waals surface area contributed by atoms with Gasteiger partial charge in [-0.15, -0.1) is 0 Å². The molecule has 0 aliphatic carbocycles. The SMILES string of the molecule is O=C(Oc1ccc([SH]2CCCC2)c2ccccc12)c1ccc2ccccc2c1. The van der Waals surface area contributed by atoms with Gasteiger partial charge in [-0.2, -0.15) is 0 Å². The van der Waals surface area contributed by atoms with E-state index in [9.17, 15) is 4.79 Å². The molecule has 0 radical (unpaired) electrons. The van der Waals surface area contributed by atoms with E-state index in [1.807, 2.05) is 54.6 Å². The van der Waals surface area contributed by atoms with Crippen LogP contribution in [0, 0.1) is 0 Å². The van der Waals surface area contributed by atoms with Crippen LogP contribution in [0.15, 0.2) is 83.8 Å². The van der Waals surface area contributed by atoms with E-state index in [4.69, 9.17) is 4.74 Å². The Labute approximate surface area is 167 Å². The van der Waals surface area contributed by atoms with E-state index in [2.05, 4.69) is 24.3 Å². The quantitative estimate of drug-likeness (QED) is 0.252. The van der Waals surface area contributed by atoms with E-state index in [0.717, 1.165) is 16.2 Å². The lowest BCUT2D eigenvalue weighted by atomic mass is 10.1. The zero-order valence-electron chi connectivity index (χ0n) is 15.6. The Morgan fingerprint density at radius 2 is 1.46 bits per heavy atom. The summed E-state index contributed by atoms with van der Waals surface area (Å²) < 4.78 is 5.85. The van der Waals surface area contributed by atoms with Gasteiger partial charge in [0.2, 0.25) is 0 Å². The topological polar surface area (TPSA) is 26.3 Å². The molecule has 1 saturated heterocycles. The lowest BCUT2D eigenvalue weighted by Crippen LogP contribution is -2.08. The van der Waals surface area contributed by atoms with Gasteiger partial charge < -0.3 is 4.74 Å². The summed E-state index contributed by atoms with van der Waals surface area (Å²) in [7, 11) is -0.0770. The zero-order chi connectivity index (χ0) is 18.9. The smallest absolute Gasteiger partial charge is 0.343 e. The van der Waals surface area contributed by atoms with E-state index >= 15 is 0 Å². The number of rotatable bonds is 3. The molecular formula is C25H22O2S. The molecule has 0 saturated carbocycles. The van der Waals surface area contributed by atoms with Crippen LogP contribution in [-0.4, -0.2) is 17.5 Å². The molecule has 0 atom stereocenters. The monoisotopic (exact) mass is 386 g/mol. The van der Waals surface area contributed by atoms with E-state index < -0.39 is 0 Å². The largest absolute Gasteiger partial charge is 0.422 e. The number of esters is 1.